The molecule has 0 atom stereocenters. The van der Waals surface area contributed by atoms with Crippen molar-refractivity contribution in [2.45, 2.75) is 46.1 Å². The van der Waals surface area contributed by atoms with E-state index in [0.29, 0.717) is 31.2 Å². The molecular weight excluding hydrogens is 246 g/mol. The van der Waals surface area contributed by atoms with Gasteiger partial charge in [-0.2, -0.15) is 4.98 Å². The van der Waals surface area contributed by atoms with Gasteiger partial charge >= 0.3 is 5.97 Å². The lowest BCUT2D eigenvalue weighted by molar-refractivity contribution is -0.141. The van der Waals surface area contributed by atoms with Crippen molar-refractivity contribution in [2.24, 2.45) is 0 Å². The predicted octanol–water partition coefficient (Wildman–Crippen LogP) is 1.75. The zero-order chi connectivity index (χ0) is 14.5. The lowest BCUT2D eigenvalue weighted by Crippen LogP contribution is -2.26. The predicted molar refractivity (Wildman–Crippen MR) is 70.6 cm³/mol. The molecule has 0 aliphatic carbocycles. The fourth-order valence-corrected chi connectivity index (χ4v) is 1.52. The van der Waals surface area contributed by atoms with Crippen LogP contribution in [0.25, 0.3) is 0 Å². The summed E-state index contributed by atoms with van der Waals surface area (Å²) in [4.78, 5) is 17.6. The molecule has 1 aromatic heterocycles. The van der Waals surface area contributed by atoms with E-state index in [9.17, 15) is 4.79 Å². The molecule has 0 aromatic carbocycles. The Kier molecular flexibility index (Phi) is 5.47. The molecule has 108 valence electrons. The molecular formula is C13H23N3O3. The Morgan fingerprint density at radius 2 is 2.11 bits per heavy atom. The van der Waals surface area contributed by atoms with Crippen LogP contribution >= 0.6 is 0 Å². The second-order valence-corrected chi connectivity index (χ2v) is 5.46. The van der Waals surface area contributed by atoms with Gasteiger partial charge in [0.05, 0.1) is 20.1 Å². The van der Waals surface area contributed by atoms with E-state index in [0.717, 1.165) is 6.54 Å². The smallest absolute Gasteiger partial charge is 0.306 e. The Morgan fingerprint density at radius 3 is 2.58 bits per heavy atom. The van der Waals surface area contributed by atoms with Crippen LogP contribution < -0.4 is 0 Å². The van der Waals surface area contributed by atoms with Crippen molar-refractivity contribution in [1.29, 1.82) is 0 Å². The summed E-state index contributed by atoms with van der Waals surface area (Å²) in [6.45, 7) is 10.1. The summed E-state index contributed by atoms with van der Waals surface area (Å²) in [7, 11) is 1.40. The van der Waals surface area contributed by atoms with Crippen LogP contribution in [0.1, 0.15) is 45.8 Å². The van der Waals surface area contributed by atoms with E-state index in [-0.39, 0.29) is 11.4 Å². The highest BCUT2D eigenvalue weighted by Gasteiger charge is 2.22. The number of rotatable bonds is 6. The van der Waals surface area contributed by atoms with Crippen molar-refractivity contribution < 1.29 is 14.1 Å². The first-order valence-electron chi connectivity index (χ1n) is 6.49. The van der Waals surface area contributed by atoms with Gasteiger partial charge in [0.2, 0.25) is 5.89 Å². The molecule has 0 aliphatic rings. The van der Waals surface area contributed by atoms with Gasteiger partial charge in [0, 0.05) is 12.0 Å². The van der Waals surface area contributed by atoms with Gasteiger partial charge in [0.15, 0.2) is 5.82 Å². The molecule has 0 fully saturated rings. The molecule has 19 heavy (non-hydrogen) atoms. The summed E-state index contributed by atoms with van der Waals surface area (Å²) in [5, 5.41) is 3.97. The minimum Gasteiger partial charge on any atom is -0.469 e. The average Bonchev–Trinajstić information content (AvgIpc) is 2.82. The molecule has 0 bridgehead atoms. The summed E-state index contributed by atoms with van der Waals surface area (Å²) < 4.78 is 9.87. The van der Waals surface area contributed by atoms with Crippen LogP contribution in [0.15, 0.2) is 4.52 Å². The molecule has 0 spiro atoms. The van der Waals surface area contributed by atoms with Crippen LogP contribution in [0.4, 0.5) is 0 Å². The van der Waals surface area contributed by atoms with Crippen molar-refractivity contribution in [2.75, 3.05) is 20.2 Å². The molecule has 0 unspecified atom stereocenters. The Morgan fingerprint density at radius 1 is 1.42 bits per heavy atom. The normalized spacial score (nSPS) is 11.9. The third kappa shape index (κ3) is 4.98. The average molecular weight is 269 g/mol. The summed E-state index contributed by atoms with van der Waals surface area (Å²) in [6.07, 6.45) is 0.369. The van der Waals surface area contributed by atoms with Gasteiger partial charge in [0.25, 0.3) is 0 Å². The minimum absolute atomic E-state index is 0.145. The molecule has 0 saturated heterocycles. The zero-order valence-corrected chi connectivity index (χ0v) is 12.4. The van der Waals surface area contributed by atoms with Gasteiger partial charge in [-0.25, -0.2) is 0 Å². The molecule has 1 aromatic rings. The fourth-order valence-electron chi connectivity index (χ4n) is 1.52. The topological polar surface area (TPSA) is 68.5 Å². The van der Waals surface area contributed by atoms with E-state index in [2.05, 4.69) is 19.8 Å². The Hall–Kier alpha value is -1.43. The molecule has 0 N–H and O–H groups in total. The molecule has 0 amide bonds. The summed E-state index contributed by atoms with van der Waals surface area (Å²) in [6, 6.07) is 0. The summed E-state index contributed by atoms with van der Waals surface area (Å²) in [5.74, 6) is 1.07. The van der Waals surface area contributed by atoms with Gasteiger partial charge in [-0.05, 0) is 6.54 Å². The number of hydrogen-bond donors (Lipinski definition) is 0. The number of methoxy groups -OCH3 is 1. The Balaban J connectivity index is 2.56. The molecule has 1 rings (SSSR count). The number of esters is 1. The number of ether oxygens (including phenoxy) is 1. The van der Waals surface area contributed by atoms with Crippen LogP contribution in [-0.2, 0) is 21.5 Å². The van der Waals surface area contributed by atoms with Gasteiger partial charge in [-0.3, -0.25) is 9.69 Å². The number of hydrogen-bond acceptors (Lipinski definition) is 6. The van der Waals surface area contributed by atoms with Crippen LogP contribution in [-0.4, -0.2) is 41.2 Å². The number of carbonyl (C=O) groups excluding carboxylic acids is 1. The van der Waals surface area contributed by atoms with Gasteiger partial charge in [-0.1, -0.05) is 32.9 Å². The highest BCUT2D eigenvalue weighted by atomic mass is 16.5. The van der Waals surface area contributed by atoms with E-state index >= 15 is 0 Å². The first kappa shape index (κ1) is 15.6. The lowest BCUT2D eigenvalue weighted by Gasteiger charge is -2.17. The Bertz CT molecular complexity index is 410. The second-order valence-electron chi connectivity index (χ2n) is 5.46. The van der Waals surface area contributed by atoms with Crippen molar-refractivity contribution in [3.05, 3.63) is 11.7 Å². The third-order valence-corrected chi connectivity index (χ3v) is 2.78. The van der Waals surface area contributed by atoms with Gasteiger partial charge in [-0.15, -0.1) is 0 Å². The zero-order valence-electron chi connectivity index (χ0n) is 12.4. The van der Waals surface area contributed by atoms with Gasteiger partial charge < -0.3 is 9.26 Å². The van der Waals surface area contributed by atoms with Crippen molar-refractivity contribution in [3.63, 3.8) is 0 Å². The van der Waals surface area contributed by atoms with Gasteiger partial charge in [0.1, 0.15) is 0 Å². The van der Waals surface area contributed by atoms with Crippen molar-refractivity contribution in [1.82, 2.24) is 15.0 Å². The quantitative estimate of drug-likeness (QED) is 0.733. The molecule has 0 radical (unpaired) electrons. The van der Waals surface area contributed by atoms with Crippen LogP contribution in [0.5, 0.6) is 0 Å². The maximum absolute atomic E-state index is 11.1. The number of nitrogens with zero attached hydrogens (tertiary/aromatic N) is 3. The highest BCUT2D eigenvalue weighted by Crippen LogP contribution is 2.19. The van der Waals surface area contributed by atoms with Crippen LogP contribution in [0, 0.1) is 0 Å². The largest absolute Gasteiger partial charge is 0.469 e. The standard InChI is InChI=1S/C13H23N3O3/c1-6-16(8-7-11(17)18-5)9-10-14-12(19-15-10)13(2,3)4/h6-9H2,1-5H3. The first-order chi connectivity index (χ1) is 8.86. The van der Waals surface area contributed by atoms with E-state index in [1.807, 2.05) is 27.7 Å². The Labute approximate surface area is 114 Å². The third-order valence-electron chi connectivity index (χ3n) is 2.78. The van der Waals surface area contributed by atoms with E-state index in [1.54, 1.807) is 0 Å². The summed E-state index contributed by atoms with van der Waals surface area (Å²) >= 11 is 0. The first-order valence-corrected chi connectivity index (χ1v) is 6.49. The van der Waals surface area contributed by atoms with Crippen molar-refractivity contribution in [3.8, 4) is 0 Å². The fraction of sp³-hybridized carbons (Fsp3) is 0.769. The van der Waals surface area contributed by atoms with E-state index < -0.39 is 0 Å². The molecule has 6 nitrogen and oxygen atoms in total. The number of aromatic nitrogens is 2. The van der Waals surface area contributed by atoms with E-state index in [1.165, 1.54) is 7.11 Å². The SMILES string of the molecule is CCN(CCC(=O)OC)Cc1noc(C(C)(C)C)n1. The van der Waals surface area contributed by atoms with Crippen molar-refractivity contribution >= 4 is 5.97 Å². The highest BCUT2D eigenvalue weighted by molar-refractivity contribution is 5.69. The second kappa shape index (κ2) is 6.65. The molecule has 0 saturated carbocycles. The van der Waals surface area contributed by atoms with Crippen LogP contribution in [0.2, 0.25) is 0 Å². The molecule has 6 heteroatoms. The maximum Gasteiger partial charge on any atom is 0.306 e. The molecule has 1 heterocycles. The maximum atomic E-state index is 11.1. The van der Waals surface area contributed by atoms with Crippen LogP contribution in [0.3, 0.4) is 0 Å². The minimum atomic E-state index is -0.207. The van der Waals surface area contributed by atoms with E-state index in [4.69, 9.17) is 4.52 Å². The monoisotopic (exact) mass is 269 g/mol. The number of carbonyl (C=O) groups is 1. The lowest BCUT2D eigenvalue weighted by atomic mass is 9.97. The summed E-state index contributed by atoms with van der Waals surface area (Å²) in [5.41, 5.74) is -0.145. The molecule has 0 aliphatic heterocycles.